The van der Waals surface area contributed by atoms with Crippen molar-refractivity contribution in [3.8, 4) is 5.75 Å². The van der Waals surface area contributed by atoms with Crippen molar-refractivity contribution in [2.24, 2.45) is 18.9 Å². The standard InChI is InChI=1S/C29H39NO/c1-9-31-21-12-10-20(11-13-21)29(6,7)27-17-25-26(30(27)8)15-14-22(28(25)19(4)5)24-16-23(24)18(2)3/h10-15,17-19,23-24H,9,16H2,1-8H3. The molecule has 2 heteroatoms. The Balaban J connectivity index is 1.80. The lowest BCUT2D eigenvalue weighted by Gasteiger charge is -2.26. The van der Waals surface area contributed by atoms with Crippen LogP contribution in [0.2, 0.25) is 0 Å². The minimum atomic E-state index is -0.0903. The van der Waals surface area contributed by atoms with Gasteiger partial charge in [-0.25, -0.2) is 0 Å². The van der Waals surface area contributed by atoms with Gasteiger partial charge in [0.2, 0.25) is 0 Å². The number of rotatable bonds is 7. The van der Waals surface area contributed by atoms with Crippen molar-refractivity contribution in [2.75, 3.05) is 6.61 Å². The predicted octanol–water partition coefficient (Wildman–Crippen LogP) is 7.79. The molecule has 2 atom stereocenters. The molecule has 2 aromatic carbocycles. The first-order chi connectivity index (χ1) is 14.7. The smallest absolute Gasteiger partial charge is 0.119 e. The molecule has 1 saturated carbocycles. The van der Waals surface area contributed by atoms with Crippen molar-refractivity contribution in [3.05, 3.63) is 64.8 Å². The van der Waals surface area contributed by atoms with Crippen molar-refractivity contribution in [3.63, 3.8) is 0 Å². The number of nitrogens with zero attached hydrogens (tertiary/aromatic N) is 1. The van der Waals surface area contributed by atoms with Gasteiger partial charge in [0.05, 0.1) is 6.61 Å². The molecule has 31 heavy (non-hydrogen) atoms. The number of benzene rings is 2. The molecule has 2 nitrogen and oxygen atoms in total. The lowest BCUT2D eigenvalue weighted by Crippen LogP contribution is -2.22. The zero-order chi connectivity index (χ0) is 22.5. The third-order valence-corrected chi connectivity index (χ3v) is 7.50. The number of hydrogen-bond donors (Lipinski definition) is 0. The van der Waals surface area contributed by atoms with Crippen molar-refractivity contribution in [1.29, 1.82) is 0 Å². The van der Waals surface area contributed by atoms with E-state index in [-0.39, 0.29) is 5.41 Å². The van der Waals surface area contributed by atoms with Crippen LogP contribution in [-0.4, -0.2) is 11.2 Å². The molecule has 0 N–H and O–H groups in total. The fourth-order valence-electron chi connectivity index (χ4n) is 5.61. The number of aryl methyl sites for hydroxylation is 1. The Bertz CT molecular complexity index is 1070. The van der Waals surface area contributed by atoms with Crippen LogP contribution in [-0.2, 0) is 12.5 Å². The number of fused-ring (bicyclic) bond motifs is 1. The summed E-state index contributed by atoms with van der Waals surface area (Å²) in [6, 6.07) is 15.9. The summed E-state index contributed by atoms with van der Waals surface area (Å²) in [5.74, 6) is 3.82. The summed E-state index contributed by atoms with van der Waals surface area (Å²) in [6.45, 7) is 16.9. The Morgan fingerprint density at radius 2 is 1.71 bits per heavy atom. The molecule has 3 aromatic rings. The minimum Gasteiger partial charge on any atom is -0.494 e. The SMILES string of the molecule is CCOc1ccc(C(C)(C)c2cc3c(C(C)C)c(C4CC4C(C)C)ccc3n2C)cc1. The van der Waals surface area contributed by atoms with Crippen molar-refractivity contribution in [2.45, 2.75) is 72.1 Å². The highest BCUT2D eigenvalue weighted by Gasteiger charge is 2.42. The molecule has 1 heterocycles. The van der Waals surface area contributed by atoms with Gasteiger partial charge in [-0.2, -0.15) is 0 Å². The molecule has 1 aliphatic rings. The van der Waals surface area contributed by atoms with E-state index < -0.39 is 0 Å². The van der Waals surface area contributed by atoms with Crippen LogP contribution in [0, 0.1) is 11.8 Å². The summed E-state index contributed by atoms with van der Waals surface area (Å²) < 4.78 is 8.07. The maximum atomic E-state index is 5.65. The molecular weight excluding hydrogens is 378 g/mol. The maximum Gasteiger partial charge on any atom is 0.119 e. The van der Waals surface area contributed by atoms with E-state index in [1.807, 2.05) is 6.92 Å². The first-order valence-corrected chi connectivity index (χ1v) is 12.0. The molecule has 166 valence electrons. The highest BCUT2D eigenvalue weighted by molar-refractivity contribution is 5.87. The van der Waals surface area contributed by atoms with Gasteiger partial charge in [-0.3, -0.25) is 0 Å². The minimum absolute atomic E-state index is 0.0903. The first-order valence-electron chi connectivity index (χ1n) is 12.0. The Kier molecular flexibility index (Phi) is 5.70. The van der Waals surface area contributed by atoms with Gasteiger partial charge in [-0.05, 0) is 78.0 Å². The zero-order valence-corrected chi connectivity index (χ0v) is 20.6. The van der Waals surface area contributed by atoms with E-state index in [0.29, 0.717) is 12.5 Å². The topological polar surface area (TPSA) is 14.2 Å². The van der Waals surface area contributed by atoms with Gasteiger partial charge in [0.25, 0.3) is 0 Å². The van der Waals surface area contributed by atoms with Gasteiger partial charge in [0.1, 0.15) is 5.75 Å². The highest BCUT2D eigenvalue weighted by atomic mass is 16.5. The Morgan fingerprint density at radius 3 is 2.26 bits per heavy atom. The molecule has 1 aromatic heterocycles. The molecule has 0 saturated heterocycles. The second-order valence-corrected chi connectivity index (χ2v) is 10.6. The fraction of sp³-hybridized carbons (Fsp3) is 0.517. The van der Waals surface area contributed by atoms with Crippen LogP contribution in [0.25, 0.3) is 10.9 Å². The van der Waals surface area contributed by atoms with Crippen molar-refractivity contribution >= 4 is 10.9 Å². The van der Waals surface area contributed by atoms with Crippen LogP contribution in [0.15, 0.2) is 42.5 Å². The van der Waals surface area contributed by atoms with Gasteiger partial charge in [0, 0.05) is 29.1 Å². The third kappa shape index (κ3) is 3.79. The van der Waals surface area contributed by atoms with Crippen LogP contribution >= 0.6 is 0 Å². The first kappa shape index (κ1) is 22.0. The molecule has 0 aliphatic heterocycles. The third-order valence-electron chi connectivity index (χ3n) is 7.50. The van der Waals surface area contributed by atoms with Crippen molar-refractivity contribution in [1.82, 2.24) is 4.57 Å². The van der Waals surface area contributed by atoms with E-state index in [4.69, 9.17) is 4.74 Å². The summed E-state index contributed by atoms with van der Waals surface area (Å²) >= 11 is 0. The molecule has 0 bridgehead atoms. The van der Waals surface area contributed by atoms with Gasteiger partial charge >= 0.3 is 0 Å². The van der Waals surface area contributed by atoms with Crippen LogP contribution in [0.1, 0.15) is 89.1 Å². The lowest BCUT2D eigenvalue weighted by molar-refractivity contribution is 0.340. The predicted molar refractivity (Wildman–Crippen MR) is 132 cm³/mol. The normalized spacial score (nSPS) is 18.9. The molecule has 2 unspecified atom stereocenters. The van der Waals surface area contributed by atoms with Crippen molar-refractivity contribution < 1.29 is 4.74 Å². The monoisotopic (exact) mass is 417 g/mol. The largest absolute Gasteiger partial charge is 0.494 e. The second-order valence-electron chi connectivity index (χ2n) is 10.6. The van der Waals surface area contributed by atoms with Crippen LogP contribution in [0.4, 0.5) is 0 Å². The Hall–Kier alpha value is -2.22. The van der Waals surface area contributed by atoms with E-state index in [0.717, 1.165) is 23.5 Å². The summed E-state index contributed by atoms with van der Waals surface area (Å²) in [6.07, 6.45) is 1.35. The average Bonchev–Trinajstić information content (AvgIpc) is 3.45. The van der Waals surface area contributed by atoms with E-state index in [9.17, 15) is 0 Å². The molecule has 4 rings (SSSR count). The maximum absolute atomic E-state index is 5.65. The van der Waals surface area contributed by atoms with E-state index in [1.54, 1.807) is 11.1 Å². The molecule has 0 radical (unpaired) electrons. The Morgan fingerprint density at radius 1 is 1.03 bits per heavy atom. The molecule has 1 aliphatic carbocycles. The summed E-state index contributed by atoms with van der Waals surface area (Å²) in [7, 11) is 2.23. The number of aromatic nitrogens is 1. The molecule has 0 amide bonds. The second kappa shape index (κ2) is 8.04. The Labute approximate surface area is 188 Å². The quantitative estimate of drug-likeness (QED) is 0.383. The molecular formula is C29H39NO. The average molecular weight is 418 g/mol. The lowest BCUT2D eigenvalue weighted by atomic mass is 9.81. The summed E-state index contributed by atoms with van der Waals surface area (Å²) in [5, 5.41) is 1.44. The van der Waals surface area contributed by atoms with Gasteiger partial charge in [-0.15, -0.1) is 0 Å². The van der Waals surface area contributed by atoms with Crippen LogP contribution in [0.5, 0.6) is 5.75 Å². The highest BCUT2D eigenvalue weighted by Crippen LogP contribution is 2.54. The summed E-state index contributed by atoms with van der Waals surface area (Å²) in [4.78, 5) is 0. The number of ether oxygens (including phenoxy) is 1. The summed E-state index contributed by atoms with van der Waals surface area (Å²) in [5.41, 5.74) is 7.10. The van der Waals surface area contributed by atoms with E-state index in [2.05, 4.69) is 95.6 Å². The van der Waals surface area contributed by atoms with Gasteiger partial charge in [-0.1, -0.05) is 59.7 Å². The molecule has 1 fully saturated rings. The van der Waals surface area contributed by atoms with Crippen LogP contribution in [0.3, 0.4) is 0 Å². The fourth-order valence-corrected chi connectivity index (χ4v) is 5.61. The van der Waals surface area contributed by atoms with E-state index >= 15 is 0 Å². The van der Waals surface area contributed by atoms with Gasteiger partial charge in [0.15, 0.2) is 0 Å². The van der Waals surface area contributed by atoms with Gasteiger partial charge < -0.3 is 9.30 Å². The molecule has 0 spiro atoms. The van der Waals surface area contributed by atoms with E-state index in [1.165, 1.54) is 28.6 Å². The zero-order valence-electron chi connectivity index (χ0n) is 20.6. The number of hydrogen-bond acceptors (Lipinski definition) is 1. The van der Waals surface area contributed by atoms with Crippen LogP contribution < -0.4 is 4.74 Å².